The molecule has 0 spiro atoms. The van der Waals surface area contributed by atoms with E-state index in [-0.39, 0.29) is 0 Å². The van der Waals surface area contributed by atoms with Crippen molar-refractivity contribution in [3.05, 3.63) is 77.9 Å². The molecule has 0 aromatic heterocycles. The van der Waals surface area contributed by atoms with Crippen molar-refractivity contribution in [2.75, 3.05) is 0 Å². The van der Waals surface area contributed by atoms with Crippen LogP contribution in [-0.4, -0.2) is 6.61 Å². The summed E-state index contributed by atoms with van der Waals surface area (Å²) in [4.78, 5) is 0. The van der Waals surface area contributed by atoms with Crippen LogP contribution in [0.5, 0.6) is 5.75 Å². The highest BCUT2D eigenvalue weighted by atomic mass is 19.3. The molecule has 3 heteroatoms. The fourth-order valence-corrected chi connectivity index (χ4v) is 3.80. The van der Waals surface area contributed by atoms with E-state index in [2.05, 4.69) is 49.4 Å². The third-order valence-electron chi connectivity index (χ3n) is 5.43. The molecule has 0 aliphatic heterocycles. The number of benzene rings is 3. The number of fused-ring (bicyclic) bond motifs is 1. The predicted molar refractivity (Wildman–Crippen MR) is 122 cm³/mol. The van der Waals surface area contributed by atoms with Gasteiger partial charge in [0.05, 0.1) is 0 Å². The number of allylic oxidation sites excluding steroid dienone is 2. The standard InChI is InChI=1S/C27H30F2O/c1-3-5-7-9-20-11-13-21(14-12-20)23-17-18-25-24(19-23)16-15-22(10-8-6-4-2)26(25)30-27(28)29/h3,5,11-19,27H,4,6-10H2,1-2H3/b5-3+. The molecule has 0 atom stereocenters. The van der Waals surface area contributed by atoms with E-state index in [0.717, 1.165) is 66.0 Å². The molecule has 0 N–H and O–H groups in total. The van der Waals surface area contributed by atoms with Gasteiger partial charge in [-0.25, -0.2) is 0 Å². The number of ether oxygens (including phenoxy) is 1. The Morgan fingerprint density at radius 2 is 1.67 bits per heavy atom. The second kappa shape index (κ2) is 10.9. The zero-order valence-electron chi connectivity index (χ0n) is 17.8. The van der Waals surface area contributed by atoms with Gasteiger partial charge in [-0.2, -0.15) is 8.78 Å². The number of hydrogen-bond donors (Lipinski definition) is 0. The molecule has 3 rings (SSSR count). The zero-order chi connectivity index (χ0) is 21.3. The van der Waals surface area contributed by atoms with Crippen molar-refractivity contribution in [1.82, 2.24) is 0 Å². The van der Waals surface area contributed by atoms with Crippen LogP contribution in [0.2, 0.25) is 0 Å². The Labute approximate surface area is 178 Å². The normalized spacial score (nSPS) is 11.6. The average Bonchev–Trinajstić information content (AvgIpc) is 2.75. The molecular formula is C27H30F2O. The lowest BCUT2D eigenvalue weighted by Crippen LogP contribution is -2.05. The fourth-order valence-electron chi connectivity index (χ4n) is 3.80. The highest BCUT2D eigenvalue weighted by molar-refractivity contribution is 5.93. The monoisotopic (exact) mass is 408 g/mol. The minimum Gasteiger partial charge on any atom is -0.434 e. The summed E-state index contributed by atoms with van der Waals surface area (Å²) >= 11 is 0. The van der Waals surface area contributed by atoms with Crippen LogP contribution in [0.3, 0.4) is 0 Å². The van der Waals surface area contributed by atoms with Crippen molar-refractivity contribution in [1.29, 1.82) is 0 Å². The minimum absolute atomic E-state index is 0.324. The molecule has 0 amide bonds. The Morgan fingerprint density at radius 1 is 0.900 bits per heavy atom. The Kier molecular flexibility index (Phi) is 8.01. The van der Waals surface area contributed by atoms with Crippen molar-refractivity contribution in [2.24, 2.45) is 0 Å². The summed E-state index contributed by atoms with van der Waals surface area (Å²) in [6, 6.07) is 18.5. The van der Waals surface area contributed by atoms with Crippen LogP contribution in [0, 0.1) is 0 Å². The lowest BCUT2D eigenvalue weighted by Gasteiger charge is -2.15. The van der Waals surface area contributed by atoms with Crippen LogP contribution in [0.4, 0.5) is 8.78 Å². The highest BCUT2D eigenvalue weighted by Gasteiger charge is 2.14. The lowest BCUT2D eigenvalue weighted by molar-refractivity contribution is -0.0493. The van der Waals surface area contributed by atoms with Crippen LogP contribution in [0.25, 0.3) is 21.9 Å². The van der Waals surface area contributed by atoms with Gasteiger partial charge in [0, 0.05) is 5.39 Å². The third kappa shape index (κ3) is 5.69. The summed E-state index contributed by atoms with van der Waals surface area (Å²) < 4.78 is 31.1. The SMILES string of the molecule is C/C=C/CCc1ccc(-c2ccc3c(OC(F)F)c(CCCCC)ccc3c2)cc1. The van der Waals surface area contributed by atoms with Crippen molar-refractivity contribution >= 4 is 10.8 Å². The van der Waals surface area contributed by atoms with E-state index in [1.54, 1.807) is 0 Å². The molecule has 3 aromatic rings. The molecule has 0 aliphatic rings. The van der Waals surface area contributed by atoms with E-state index in [9.17, 15) is 8.78 Å². The second-order valence-corrected chi connectivity index (χ2v) is 7.63. The van der Waals surface area contributed by atoms with Crippen molar-refractivity contribution in [3.63, 3.8) is 0 Å². The smallest absolute Gasteiger partial charge is 0.387 e. The number of hydrogen-bond acceptors (Lipinski definition) is 1. The number of rotatable bonds is 10. The van der Waals surface area contributed by atoms with E-state index in [1.807, 2.05) is 31.2 Å². The Morgan fingerprint density at radius 3 is 2.37 bits per heavy atom. The first-order valence-electron chi connectivity index (χ1n) is 10.8. The number of halogens is 2. The van der Waals surface area contributed by atoms with E-state index >= 15 is 0 Å². The summed E-state index contributed by atoms with van der Waals surface area (Å²) in [5.41, 5.74) is 4.36. The van der Waals surface area contributed by atoms with Gasteiger partial charge in [-0.05, 0) is 66.3 Å². The molecule has 0 fully saturated rings. The molecular weight excluding hydrogens is 378 g/mol. The molecule has 0 radical (unpaired) electrons. The first-order chi connectivity index (χ1) is 14.6. The largest absolute Gasteiger partial charge is 0.434 e. The summed E-state index contributed by atoms with van der Waals surface area (Å²) in [7, 11) is 0. The van der Waals surface area contributed by atoms with Crippen LogP contribution in [0.1, 0.15) is 50.7 Å². The molecule has 3 aromatic carbocycles. The first-order valence-corrected chi connectivity index (χ1v) is 10.8. The van der Waals surface area contributed by atoms with Crippen LogP contribution >= 0.6 is 0 Å². The lowest BCUT2D eigenvalue weighted by atomic mass is 9.96. The maximum absolute atomic E-state index is 13.1. The van der Waals surface area contributed by atoms with Gasteiger partial charge in [0.2, 0.25) is 0 Å². The van der Waals surface area contributed by atoms with Crippen LogP contribution in [-0.2, 0) is 12.8 Å². The average molecular weight is 409 g/mol. The van der Waals surface area contributed by atoms with Crippen LogP contribution in [0.15, 0.2) is 66.7 Å². The number of unbranched alkanes of at least 4 members (excludes halogenated alkanes) is 2. The van der Waals surface area contributed by atoms with Gasteiger partial charge < -0.3 is 4.74 Å². The van der Waals surface area contributed by atoms with Crippen molar-refractivity contribution < 1.29 is 13.5 Å². The molecule has 0 aliphatic carbocycles. The maximum Gasteiger partial charge on any atom is 0.387 e. The summed E-state index contributed by atoms with van der Waals surface area (Å²) in [5, 5.41) is 1.66. The third-order valence-corrected chi connectivity index (χ3v) is 5.43. The Hall–Kier alpha value is -2.68. The van der Waals surface area contributed by atoms with Gasteiger partial charge in [0.15, 0.2) is 0 Å². The minimum atomic E-state index is -2.82. The van der Waals surface area contributed by atoms with Gasteiger partial charge in [0.25, 0.3) is 0 Å². The summed E-state index contributed by atoms with van der Waals surface area (Å²) in [6.45, 7) is 1.34. The zero-order valence-corrected chi connectivity index (χ0v) is 17.8. The van der Waals surface area contributed by atoms with Gasteiger partial charge >= 0.3 is 6.61 Å². The summed E-state index contributed by atoms with van der Waals surface area (Å²) in [6.07, 6.45) is 10.2. The first kappa shape index (κ1) is 22.0. The van der Waals surface area contributed by atoms with Gasteiger partial charge in [-0.1, -0.05) is 80.4 Å². The molecule has 1 nitrogen and oxygen atoms in total. The Balaban J connectivity index is 1.89. The number of alkyl halides is 2. The molecule has 0 unspecified atom stereocenters. The quantitative estimate of drug-likeness (QED) is 0.242. The molecule has 0 bridgehead atoms. The van der Waals surface area contributed by atoms with Crippen LogP contribution < -0.4 is 4.74 Å². The maximum atomic E-state index is 13.1. The van der Waals surface area contributed by atoms with Gasteiger partial charge in [-0.3, -0.25) is 0 Å². The van der Waals surface area contributed by atoms with Crippen molar-refractivity contribution in [3.8, 4) is 16.9 Å². The van der Waals surface area contributed by atoms with Crippen molar-refractivity contribution in [2.45, 2.75) is 59.0 Å². The molecule has 158 valence electrons. The highest BCUT2D eigenvalue weighted by Crippen LogP contribution is 2.35. The molecule has 0 saturated heterocycles. The topological polar surface area (TPSA) is 9.23 Å². The predicted octanol–water partition coefficient (Wildman–Crippen LogP) is 8.35. The second-order valence-electron chi connectivity index (χ2n) is 7.63. The molecule has 0 heterocycles. The number of aryl methyl sites for hydroxylation is 2. The molecule has 0 saturated carbocycles. The van der Waals surface area contributed by atoms with E-state index in [1.165, 1.54) is 5.56 Å². The van der Waals surface area contributed by atoms with Gasteiger partial charge in [-0.15, -0.1) is 0 Å². The summed E-state index contributed by atoms with van der Waals surface area (Å²) in [5.74, 6) is 0.324. The Bertz CT molecular complexity index is 974. The molecule has 30 heavy (non-hydrogen) atoms. The van der Waals surface area contributed by atoms with E-state index in [0.29, 0.717) is 5.75 Å². The van der Waals surface area contributed by atoms with E-state index in [4.69, 9.17) is 4.74 Å². The van der Waals surface area contributed by atoms with E-state index < -0.39 is 6.61 Å². The fraction of sp³-hybridized carbons (Fsp3) is 0.333. The van der Waals surface area contributed by atoms with Gasteiger partial charge in [0.1, 0.15) is 5.75 Å².